The molecule has 118 valence electrons. The lowest BCUT2D eigenvalue weighted by atomic mass is 10.2. The Balaban J connectivity index is 2.11. The van der Waals surface area contributed by atoms with Crippen LogP contribution in [0.5, 0.6) is 0 Å². The minimum absolute atomic E-state index is 0.0284. The van der Waals surface area contributed by atoms with Crippen molar-refractivity contribution in [2.75, 3.05) is 5.32 Å². The molecular weight excluding hydrogens is 359 g/mol. The van der Waals surface area contributed by atoms with Gasteiger partial charge in [-0.3, -0.25) is 10.1 Å². The predicted molar refractivity (Wildman–Crippen MR) is 93.6 cm³/mol. The normalized spacial score (nSPS) is 10.0. The average Bonchev–Trinajstić information content (AvgIpc) is 2.49. The van der Waals surface area contributed by atoms with Crippen molar-refractivity contribution in [3.63, 3.8) is 0 Å². The van der Waals surface area contributed by atoms with Crippen LogP contribution in [-0.4, -0.2) is 22.1 Å². The maximum absolute atomic E-state index is 12.1. The first-order valence-corrected chi connectivity index (χ1v) is 7.44. The Kier molecular flexibility index (Phi) is 5.54. The molecule has 0 aliphatic heterocycles. The van der Waals surface area contributed by atoms with E-state index in [1.165, 1.54) is 18.2 Å². The fourth-order valence-electron chi connectivity index (χ4n) is 1.72. The summed E-state index contributed by atoms with van der Waals surface area (Å²) in [4.78, 5) is 23.0. The van der Waals surface area contributed by atoms with Crippen LogP contribution >= 0.6 is 35.4 Å². The van der Waals surface area contributed by atoms with Gasteiger partial charge in [-0.25, -0.2) is 4.79 Å². The molecule has 0 radical (unpaired) electrons. The standard InChI is InChI=1S/C15H10Cl2N2O3S/c16-10-4-2-1-3-9(10)13(20)19-15(23)18-12-7-8(14(21)22)5-6-11(12)17/h1-7H,(H,21,22)(H2,18,19,20,23). The number of hydrogen-bond donors (Lipinski definition) is 3. The van der Waals surface area contributed by atoms with E-state index in [0.29, 0.717) is 5.02 Å². The molecule has 0 bridgehead atoms. The van der Waals surface area contributed by atoms with Gasteiger partial charge in [0.15, 0.2) is 5.11 Å². The summed E-state index contributed by atoms with van der Waals surface area (Å²) in [5, 5.41) is 14.6. The van der Waals surface area contributed by atoms with Gasteiger partial charge in [0.25, 0.3) is 5.91 Å². The zero-order valence-corrected chi connectivity index (χ0v) is 13.8. The van der Waals surface area contributed by atoms with E-state index in [9.17, 15) is 9.59 Å². The average molecular weight is 369 g/mol. The summed E-state index contributed by atoms with van der Waals surface area (Å²) in [6.45, 7) is 0. The van der Waals surface area contributed by atoms with Crippen LogP contribution in [0.3, 0.4) is 0 Å². The van der Waals surface area contributed by atoms with Gasteiger partial charge in [-0.2, -0.15) is 0 Å². The first-order valence-electron chi connectivity index (χ1n) is 6.28. The molecule has 0 heterocycles. The maximum atomic E-state index is 12.1. The SMILES string of the molecule is O=C(O)c1ccc(Cl)c(NC(=S)NC(=O)c2ccccc2Cl)c1. The van der Waals surface area contributed by atoms with E-state index in [1.807, 2.05) is 0 Å². The molecule has 0 unspecified atom stereocenters. The highest BCUT2D eigenvalue weighted by Crippen LogP contribution is 2.23. The lowest BCUT2D eigenvalue weighted by molar-refractivity contribution is 0.0696. The Bertz CT molecular complexity index is 796. The molecule has 0 aliphatic rings. The highest BCUT2D eigenvalue weighted by molar-refractivity contribution is 7.80. The van der Waals surface area contributed by atoms with Crippen LogP contribution in [0.4, 0.5) is 5.69 Å². The molecule has 0 atom stereocenters. The Hall–Kier alpha value is -2.15. The van der Waals surface area contributed by atoms with E-state index >= 15 is 0 Å². The summed E-state index contributed by atoms with van der Waals surface area (Å²) in [6.07, 6.45) is 0. The third kappa shape index (κ3) is 4.41. The van der Waals surface area contributed by atoms with Gasteiger partial charge < -0.3 is 10.4 Å². The number of nitrogens with one attached hydrogen (secondary N) is 2. The molecule has 2 aromatic carbocycles. The number of carbonyl (C=O) groups is 2. The maximum Gasteiger partial charge on any atom is 0.335 e. The van der Waals surface area contributed by atoms with E-state index in [0.717, 1.165) is 0 Å². The second kappa shape index (κ2) is 7.41. The number of halogens is 2. The van der Waals surface area contributed by atoms with Crippen molar-refractivity contribution in [3.8, 4) is 0 Å². The number of anilines is 1. The Morgan fingerprint density at radius 3 is 2.39 bits per heavy atom. The van der Waals surface area contributed by atoms with Crippen LogP contribution in [-0.2, 0) is 0 Å². The largest absolute Gasteiger partial charge is 0.478 e. The molecule has 0 aliphatic carbocycles. The van der Waals surface area contributed by atoms with E-state index in [2.05, 4.69) is 10.6 Å². The summed E-state index contributed by atoms with van der Waals surface area (Å²) in [6, 6.07) is 10.6. The lowest BCUT2D eigenvalue weighted by Crippen LogP contribution is -2.34. The topological polar surface area (TPSA) is 78.4 Å². The second-order valence-electron chi connectivity index (χ2n) is 4.39. The van der Waals surface area contributed by atoms with Crippen LogP contribution in [0.1, 0.15) is 20.7 Å². The van der Waals surface area contributed by atoms with Crippen molar-refractivity contribution in [1.82, 2.24) is 5.32 Å². The Morgan fingerprint density at radius 1 is 1.04 bits per heavy atom. The van der Waals surface area contributed by atoms with Gasteiger partial charge in [0.2, 0.25) is 0 Å². The van der Waals surface area contributed by atoms with Crippen molar-refractivity contribution < 1.29 is 14.7 Å². The second-order valence-corrected chi connectivity index (χ2v) is 5.61. The quantitative estimate of drug-likeness (QED) is 0.717. The van der Waals surface area contributed by atoms with Crippen molar-refractivity contribution in [3.05, 3.63) is 63.6 Å². The molecule has 2 rings (SSSR count). The Labute approximate surface area is 147 Å². The molecule has 8 heteroatoms. The van der Waals surface area contributed by atoms with Gasteiger partial charge in [0.05, 0.1) is 26.9 Å². The molecule has 0 saturated carbocycles. The fraction of sp³-hybridized carbons (Fsp3) is 0. The molecule has 0 aromatic heterocycles. The zero-order valence-electron chi connectivity index (χ0n) is 11.5. The molecule has 5 nitrogen and oxygen atoms in total. The molecule has 23 heavy (non-hydrogen) atoms. The third-order valence-corrected chi connectivity index (χ3v) is 3.67. The smallest absolute Gasteiger partial charge is 0.335 e. The number of rotatable bonds is 3. The number of carboxylic acid groups (broad SMARTS) is 1. The number of amides is 1. The summed E-state index contributed by atoms with van der Waals surface area (Å²) >= 11 is 16.9. The minimum Gasteiger partial charge on any atom is -0.478 e. The van der Waals surface area contributed by atoms with Crippen molar-refractivity contribution in [2.24, 2.45) is 0 Å². The highest BCUT2D eigenvalue weighted by Gasteiger charge is 2.13. The minimum atomic E-state index is -1.10. The third-order valence-electron chi connectivity index (χ3n) is 2.81. The first-order chi connectivity index (χ1) is 10.9. The van der Waals surface area contributed by atoms with Crippen LogP contribution in [0, 0.1) is 0 Å². The Morgan fingerprint density at radius 2 is 1.74 bits per heavy atom. The van der Waals surface area contributed by atoms with Gasteiger partial charge in [-0.05, 0) is 42.5 Å². The molecule has 0 fully saturated rings. The molecule has 0 spiro atoms. The molecular formula is C15H10Cl2N2O3S. The number of hydrogen-bond acceptors (Lipinski definition) is 3. The number of aromatic carboxylic acids is 1. The van der Waals surface area contributed by atoms with Gasteiger partial charge in [-0.15, -0.1) is 0 Å². The highest BCUT2D eigenvalue weighted by atomic mass is 35.5. The van der Waals surface area contributed by atoms with Gasteiger partial charge in [0.1, 0.15) is 0 Å². The number of thiocarbonyl (C=S) groups is 1. The molecule has 2 aromatic rings. The summed E-state index contributed by atoms with van der Waals surface area (Å²) < 4.78 is 0. The monoisotopic (exact) mass is 368 g/mol. The van der Waals surface area contributed by atoms with Gasteiger partial charge in [0, 0.05) is 0 Å². The predicted octanol–water partition coefficient (Wildman–Crippen LogP) is 3.82. The van der Waals surface area contributed by atoms with E-state index in [-0.39, 0.29) is 26.9 Å². The summed E-state index contributed by atoms with van der Waals surface area (Å²) in [5.74, 6) is -1.59. The van der Waals surface area contributed by atoms with Crippen molar-refractivity contribution in [1.29, 1.82) is 0 Å². The molecule has 0 saturated heterocycles. The lowest BCUT2D eigenvalue weighted by Gasteiger charge is -2.12. The van der Waals surface area contributed by atoms with Gasteiger partial charge >= 0.3 is 5.97 Å². The summed E-state index contributed by atoms with van der Waals surface area (Å²) in [7, 11) is 0. The zero-order chi connectivity index (χ0) is 17.0. The molecule has 1 amide bonds. The number of carbonyl (C=O) groups excluding carboxylic acids is 1. The van der Waals surface area contributed by atoms with E-state index in [1.54, 1.807) is 24.3 Å². The van der Waals surface area contributed by atoms with Gasteiger partial charge in [-0.1, -0.05) is 35.3 Å². The van der Waals surface area contributed by atoms with Crippen molar-refractivity contribution >= 4 is 58.1 Å². The van der Waals surface area contributed by atoms with E-state index in [4.69, 9.17) is 40.5 Å². The van der Waals surface area contributed by atoms with Crippen LogP contribution in [0.15, 0.2) is 42.5 Å². The van der Waals surface area contributed by atoms with Crippen LogP contribution < -0.4 is 10.6 Å². The van der Waals surface area contributed by atoms with E-state index < -0.39 is 11.9 Å². The summed E-state index contributed by atoms with van der Waals surface area (Å²) in [5.41, 5.74) is 0.580. The van der Waals surface area contributed by atoms with Crippen LogP contribution in [0.25, 0.3) is 0 Å². The fourth-order valence-corrected chi connectivity index (χ4v) is 2.31. The number of benzene rings is 2. The van der Waals surface area contributed by atoms with Crippen molar-refractivity contribution in [2.45, 2.75) is 0 Å². The first kappa shape index (κ1) is 17.2. The van der Waals surface area contributed by atoms with Crippen LogP contribution in [0.2, 0.25) is 10.0 Å². The molecule has 3 N–H and O–H groups in total. The number of carboxylic acids is 1.